The third kappa shape index (κ3) is 3.71. The minimum Gasteiger partial charge on any atom is -0.288 e. The number of carbonyl (C=O) groups excluding carboxylic acids is 1. The van der Waals surface area contributed by atoms with Crippen molar-refractivity contribution in [3.8, 4) is 6.07 Å². The minimum absolute atomic E-state index is 0.170. The summed E-state index contributed by atoms with van der Waals surface area (Å²) in [4.78, 5) is 10.8. The van der Waals surface area contributed by atoms with Crippen LogP contribution in [0.3, 0.4) is 0 Å². The molecule has 0 bridgehead atoms. The fraction of sp³-hybridized carbons (Fsp3) is 0.375. The van der Waals surface area contributed by atoms with E-state index in [1.54, 1.807) is 6.92 Å². The summed E-state index contributed by atoms with van der Waals surface area (Å²) >= 11 is 1.36. The smallest absolute Gasteiger partial charge is 0.185 e. The van der Waals surface area contributed by atoms with Crippen LogP contribution in [-0.2, 0) is 10.2 Å². The largest absolute Gasteiger partial charge is 0.288 e. The zero-order valence-electron chi connectivity index (χ0n) is 11.1. The van der Waals surface area contributed by atoms with Gasteiger partial charge >= 0.3 is 0 Å². The van der Waals surface area contributed by atoms with Gasteiger partial charge in [0.2, 0.25) is 0 Å². The molecule has 2 nitrogen and oxygen atoms in total. The van der Waals surface area contributed by atoms with E-state index in [1.807, 2.05) is 0 Å². The molecule has 0 aliphatic heterocycles. The first-order chi connectivity index (χ1) is 9.16. The summed E-state index contributed by atoms with van der Waals surface area (Å²) in [5.74, 6) is 0.835. The Labute approximate surface area is 118 Å². The van der Waals surface area contributed by atoms with Crippen LogP contribution >= 0.6 is 11.8 Å². The van der Waals surface area contributed by atoms with E-state index in [0.717, 1.165) is 36.1 Å². The van der Waals surface area contributed by atoms with Crippen molar-refractivity contribution in [2.75, 3.05) is 5.75 Å². The molecule has 1 aromatic carbocycles. The molecule has 19 heavy (non-hydrogen) atoms. The molecule has 0 aromatic heterocycles. The first-order valence-electron chi connectivity index (χ1n) is 6.48. The van der Waals surface area contributed by atoms with Gasteiger partial charge in [0, 0.05) is 12.7 Å². The molecule has 1 saturated carbocycles. The second-order valence-electron chi connectivity index (χ2n) is 4.85. The Hall–Kier alpha value is -1.53. The number of thioether (sulfide) groups is 1. The third-order valence-electron chi connectivity index (χ3n) is 3.33. The van der Waals surface area contributed by atoms with Crippen molar-refractivity contribution >= 4 is 23.0 Å². The summed E-state index contributed by atoms with van der Waals surface area (Å²) in [6.45, 7) is 1.59. The standard InChI is InChI=1S/C16H17NOS/c1-13(18)19-11-3-2-4-14-5-7-15(8-6-14)16(12-17)9-10-16/h2,4-8H,3,9-11H2,1H3. The molecule has 0 atom stereocenters. The Bertz CT molecular complexity index is 521. The Morgan fingerprint density at radius 2 is 2.11 bits per heavy atom. The third-order valence-corrected chi connectivity index (χ3v) is 4.17. The number of allylic oxidation sites excluding steroid dienone is 1. The fourth-order valence-corrected chi connectivity index (χ4v) is 2.53. The van der Waals surface area contributed by atoms with Gasteiger partial charge in [0.05, 0.1) is 11.5 Å². The van der Waals surface area contributed by atoms with E-state index < -0.39 is 0 Å². The van der Waals surface area contributed by atoms with Crippen molar-refractivity contribution in [3.05, 3.63) is 41.5 Å². The predicted molar refractivity (Wildman–Crippen MR) is 79.8 cm³/mol. The van der Waals surface area contributed by atoms with Crippen molar-refractivity contribution in [2.45, 2.75) is 31.6 Å². The van der Waals surface area contributed by atoms with Gasteiger partial charge in [-0.05, 0) is 30.4 Å². The van der Waals surface area contributed by atoms with Gasteiger partial charge in [-0.3, -0.25) is 4.79 Å². The van der Waals surface area contributed by atoms with E-state index in [2.05, 4.69) is 42.5 Å². The molecule has 1 aromatic rings. The lowest BCUT2D eigenvalue weighted by Gasteiger charge is -2.05. The molecule has 0 spiro atoms. The van der Waals surface area contributed by atoms with Gasteiger partial charge in [0.1, 0.15) is 0 Å². The zero-order valence-corrected chi connectivity index (χ0v) is 11.9. The molecule has 0 N–H and O–H groups in total. The molecule has 0 saturated heterocycles. The topological polar surface area (TPSA) is 40.9 Å². The van der Waals surface area contributed by atoms with Crippen LogP contribution < -0.4 is 0 Å². The predicted octanol–water partition coefficient (Wildman–Crippen LogP) is 3.92. The second kappa shape index (κ2) is 6.08. The van der Waals surface area contributed by atoms with Crippen LogP contribution in [0.2, 0.25) is 0 Å². The van der Waals surface area contributed by atoms with Gasteiger partial charge in [0.15, 0.2) is 5.12 Å². The number of rotatable bonds is 5. The quantitative estimate of drug-likeness (QED) is 0.762. The maximum Gasteiger partial charge on any atom is 0.185 e. The Balaban J connectivity index is 1.87. The summed E-state index contributed by atoms with van der Waals surface area (Å²) in [5, 5.41) is 9.30. The summed E-state index contributed by atoms with van der Waals surface area (Å²) in [7, 11) is 0. The number of nitrogens with zero attached hydrogens (tertiary/aromatic N) is 1. The van der Waals surface area contributed by atoms with Crippen LogP contribution in [0.25, 0.3) is 6.08 Å². The van der Waals surface area contributed by atoms with E-state index in [1.165, 1.54) is 11.8 Å². The first-order valence-corrected chi connectivity index (χ1v) is 7.46. The molecular weight excluding hydrogens is 254 g/mol. The molecular formula is C16H17NOS. The summed E-state index contributed by atoms with van der Waals surface area (Å²) < 4.78 is 0. The van der Waals surface area contributed by atoms with E-state index in [4.69, 9.17) is 5.26 Å². The number of benzene rings is 1. The number of nitriles is 1. The lowest BCUT2D eigenvalue weighted by molar-refractivity contribution is -0.109. The van der Waals surface area contributed by atoms with Gasteiger partial charge in [0.25, 0.3) is 0 Å². The van der Waals surface area contributed by atoms with Crippen LogP contribution in [0, 0.1) is 11.3 Å². The fourth-order valence-electron chi connectivity index (χ4n) is 1.99. The maximum atomic E-state index is 10.8. The van der Waals surface area contributed by atoms with Gasteiger partial charge in [-0.1, -0.05) is 48.2 Å². The van der Waals surface area contributed by atoms with Crippen LogP contribution in [0.4, 0.5) is 0 Å². The zero-order chi connectivity index (χ0) is 13.7. The van der Waals surface area contributed by atoms with Crippen LogP contribution in [0.1, 0.15) is 37.3 Å². The molecule has 0 amide bonds. The Morgan fingerprint density at radius 1 is 1.42 bits per heavy atom. The summed E-state index contributed by atoms with van der Waals surface area (Å²) in [6.07, 6.45) is 7.02. The maximum absolute atomic E-state index is 10.8. The Morgan fingerprint density at radius 3 is 2.63 bits per heavy atom. The van der Waals surface area contributed by atoms with E-state index >= 15 is 0 Å². The van der Waals surface area contributed by atoms with E-state index in [0.29, 0.717) is 0 Å². The molecule has 3 heteroatoms. The average Bonchev–Trinajstić information content (AvgIpc) is 3.20. The molecule has 0 heterocycles. The van der Waals surface area contributed by atoms with Crippen LogP contribution in [0.5, 0.6) is 0 Å². The Kier molecular flexibility index (Phi) is 4.44. The highest BCUT2D eigenvalue weighted by atomic mass is 32.2. The van der Waals surface area contributed by atoms with Gasteiger partial charge < -0.3 is 0 Å². The van der Waals surface area contributed by atoms with Gasteiger partial charge in [-0.25, -0.2) is 0 Å². The van der Waals surface area contributed by atoms with Crippen molar-refractivity contribution in [1.29, 1.82) is 5.26 Å². The molecule has 0 radical (unpaired) electrons. The molecule has 0 unspecified atom stereocenters. The lowest BCUT2D eigenvalue weighted by atomic mass is 9.96. The molecule has 1 fully saturated rings. The first kappa shape index (κ1) is 13.9. The summed E-state index contributed by atoms with van der Waals surface area (Å²) in [6, 6.07) is 10.6. The van der Waals surface area contributed by atoms with Crippen LogP contribution in [0.15, 0.2) is 30.3 Å². The number of carbonyl (C=O) groups is 1. The van der Waals surface area contributed by atoms with Crippen molar-refractivity contribution in [1.82, 2.24) is 0 Å². The highest BCUT2D eigenvalue weighted by Gasteiger charge is 2.44. The normalized spacial score (nSPS) is 16.2. The monoisotopic (exact) mass is 271 g/mol. The van der Waals surface area contributed by atoms with Crippen molar-refractivity contribution in [3.63, 3.8) is 0 Å². The average molecular weight is 271 g/mol. The van der Waals surface area contributed by atoms with Crippen molar-refractivity contribution < 1.29 is 4.79 Å². The van der Waals surface area contributed by atoms with Crippen LogP contribution in [-0.4, -0.2) is 10.9 Å². The van der Waals surface area contributed by atoms with Crippen molar-refractivity contribution in [2.24, 2.45) is 0 Å². The molecule has 98 valence electrons. The highest BCUT2D eigenvalue weighted by molar-refractivity contribution is 8.13. The number of hydrogen-bond acceptors (Lipinski definition) is 3. The van der Waals surface area contributed by atoms with Gasteiger partial charge in [-0.2, -0.15) is 5.26 Å². The molecule has 1 aliphatic rings. The number of hydrogen-bond donors (Lipinski definition) is 0. The SMILES string of the molecule is CC(=O)SCCC=Cc1ccc(C2(C#N)CC2)cc1. The highest BCUT2D eigenvalue weighted by Crippen LogP contribution is 2.47. The molecule has 2 rings (SSSR count). The van der Waals surface area contributed by atoms with Gasteiger partial charge in [-0.15, -0.1) is 0 Å². The van der Waals surface area contributed by atoms with E-state index in [9.17, 15) is 4.79 Å². The summed E-state index contributed by atoms with van der Waals surface area (Å²) in [5.41, 5.74) is 2.09. The lowest BCUT2D eigenvalue weighted by Crippen LogP contribution is -2.01. The minimum atomic E-state index is -0.194. The molecule has 1 aliphatic carbocycles. The second-order valence-corrected chi connectivity index (χ2v) is 6.12. The van der Waals surface area contributed by atoms with E-state index in [-0.39, 0.29) is 10.5 Å².